The first-order chi connectivity index (χ1) is 11.5. The van der Waals surface area contributed by atoms with Crippen molar-refractivity contribution in [3.63, 3.8) is 0 Å². The third kappa shape index (κ3) is 6.40. The summed E-state index contributed by atoms with van der Waals surface area (Å²) in [6, 6.07) is 12.7. The van der Waals surface area contributed by atoms with Crippen molar-refractivity contribution < 1.29 is 19.4 Å². The fourth-order valence-electron chi connectivity index (χ4n) is 1.78. The van der Waals surface area contributed by atoms with Crippen molar-refractivity contribution in [1.29, 1.82) is 0 Å². The van der Waals surface area contributed by atoms with E-state index in [1.807, 2.05) is 13.8 Å². The molecular formula is C18H20ClNO4. The molecule has 5 nitrogen and oxygen atoms in total. The Morgan fingerprint density at radius 1 is 1.08 bits per heavy atom. The highest BCUT2D eigenvalue weighted by atomic mass is 35.5. The Labute approximate surface area is 146 Å². The Hall–Kier alpha value is -2.37. The average Bonchev–Trinajstić information content (AvgIpc) is 2.56. The molecule has 0 saturated carbocycles. The van der Waals surface area contributed by atoms with Crippen LogP contribution in [0.4, 0.5) is 5.69 Å². The van der Waals surface area contributed by atoms with E-state index in [1.165, 1.54) is 12.1 Å². The molecule has 0 fully saturated rings. The molecule has 0 aliphatic heterocycles. The van der Waals surface area contributed by atoms with E-state index in [0.29, 0.717) is 16.3 Å². The van der Waals surface area contributed by atoms with Gasteiger partial charge in [-0.25, -0.2) is 4.79 Å². The molecule has 0 saturated heterocycles. The number of benzene rings is 2. The van der Waals surface area contributed by atoms with Gasteiger partial charge in [0.05, 0.1) is 16.1 Å². The van der Waals surface area contributed by atoms with Crippen LogP contribution in [0.2, 0.25) is 5.02 Å². The van der Waals surface area contributed by atoms with E-state index in [9.17, 15) is 9.59 Å². The lowest BCUT2D eigenvalue weighted by Crippen LogP contribution is -2.12. The minimum atomic E-state index is -1.05. The zero-order chi connectivity index (χ0) is 17.9. The third-order valence-corrected chi connectivity index (χ3v) is 3.22. The largest absolute Gasteiger partial charge is 0.478 e. The van der Waals surface area contributed by atoms with Gasteiger partial charge in [-0.15, -0.1) is 0 Å². The minimum Gasteiger partial charge on any atom is -0.478 e. The summed E-state index contributed by atoms with van der Waals surface area (Å²) >= 11 is 5.91. The van der Waals surface area contributed by atoms with Gasteiger partial charge >= 0.3 is 5.97 Å². The highest BCUT2D eigenvalue weighted by molar-refractivity contribution is 6.34. The number of aromatic carboxylic acids is 1. The average molecular weight is 350 g/mol. The van der Waals surface area contributed by atoms with Gasteiger partial charge < -0.3 is 15.2 Å². The van der Waals surface area contributed by atoms with E-state index in [0.717, 1.165) is 13.2 Å². The summed E-state index contributed by atoms with van der Waals surface area (Å²) in [4.78, 5) is 22.8. The SMILES string of the molecule is CCOCC.O=C(O)c1cccc(NC(=O)c2ccccc2Cl)c1. The molecule has 0 spiro atoms. The van der Waals surface area contributed by atoms with Crippen LogP contribution in [0.1, 0.15) is 34.6 Å². The Morgan fingerprint density at radius 2 is 1.75 bits per heavy atom. The summed E-state index contributed by atoms with van der Waals surface area (Å²) in [6.07, 6.45) is 0. The summed E-state index contributed by atoms with van der Waals surface area (Å²) in [5.74, 6) is -1.43. The number of hydrogen-bond acceptors (Lipinski definition) is 3. The van der Waals surface area contributed by atoms with E-state index in [4.69, 9.17) is 21.4 Å². The van der Waals surface area contributed by atoms with Crippen LogP contribution in [0.5, 0.6) is 0 Å². The number of halogens is 1. The van der Waals surface area contributed by atoms with Gasteiger partial charge in [0.25, 0.3) is 5.91 Å². The van der Waals surface area contributed by atoms with Gasteiger partial charge in [0, 0.05) is 18.9 Å². The number of nitrogens with one attached hydrogen (secondary N) is 1. The van der Waals surface area contributed by atoms with Gasteiger partial charge in [0.1, 0.15) is 0 Å². The van der Waals surface area contributed by atoms with Crippen LogP contribution in [-0.2, 0) is 4.74 Å². The molecule has 0 atom stereocenters. The van der Waals surface area contributed by atoms with E-state index in [-0.39, 0.29) is 11.5 Å². The van der Waals surface area contributed by atoms with Gasteiger partial charge in [-0.05, 0) is 44.2 Å². The van der Waals surface area contributed by atoms with Crippen molar-refractivity contribution >= 4 is 29.2 Å². The number of ether oxygens (including phenoxy) is 1. The summed E-state index contributed by atoms with van der Waals surface area (Å²) in [5, 5.41) is 11.8. The van der Waals surface area contributed by atoms with E-state index >= 15 is 0 Å². The molecule has 2 N–H and O–H groups in total. The highest BCUT2D eigenvalue weighted by Crippen LogP contribution is 2.17. The number of rotatable bonds is 5. The maximum absolute atomic E-state index is 12.0. The van der Waals surface area contributed by atoms with Crippen LogP contribution in [-0.4, -0.2) is 30.2 Å². The second-order valence-corrected chi connectivity index (χ2v) is 5.01. The zero-order valence-corrected chi connectivity index (χ0v) is 14.3. The van der Waals surface area contributed by atoms with Crippen LogP contribution in [0.25, 0.3) is 0 Å². The van der Waals surface area contributed by atoms with Crippen LogP contribution in [0.15, 0.2) is 48.5 Å². The molecule has 2 aromatic rings. The Bertz CT molecular complexity index is 686. The molecule has 0 heterocycles. The first kappa shape index (κ1) is 19.7. The topological polar surface area (TPSA) is 75.6 Å². The fourth-order valence-corrected chi connectivity index (χ4v) is 2.00. The highest BCUT2D eigenvalue weighted by Gasteiger charge is 2.10. The van der Waals surface area contributed by atoms with Crippen LogP contribution < -0.4 is 5.32 Å². The second-order valence-electron chi connectivity index (χ2n) is 4.60. The maximum Gasteiger partial charge on any atom is 0.335 e. The van der Waals surface area contributed by atoms with Gasteiger partial charge in [-0.3, -0.25) is 4.79 Å². The van der Waals surface area contributed by atoms with Crippen molar-refractivity contribution in [2.75, 3.05) is 18.5 Å². The van der Waals surface area contributed by atoms with Gasteiger partial charge in [-0.2, -0.15) is 0 Å². The molecule has 2 aromatic carbocycles. The number of carbonyl (C=O) groups excluding carboxylic acids is 1. The van der Waals surface area contributed by atoms with Crippen molar-refractivity contribution in [3.8, 4) is 0 Å². The van der Waals surface area contributed by atoms with Crippen LogP contribution in [0.3, 0.4) is 0 Å². The lowest BCUT2D eigenvalue weighted by atomic mass is 10.1. The Balaban J connectivity index is 0.000000505. The molecule has 0 aliphatic carbocycles. The van der Waals surface area contributed by atoms with Crippen molar-refractivity contribution in [1.82, 2.24) is 0 Å². The maximum atomic E-state index is 12.0. The monoisotopic (exact) mass is 349 g/mol. The first-order valence-electron chi connectivity index (χ1n) is 7.46. The number of anilines is 1. The van der Waals surface area contributed by atoms with Crippen molar-refractivity contribution in [2.24, 2.45) is 0 Å². The summed E-state index contributed by atoms with van der Waals surface area (Å²) in [7, 11) is 0. The molecule has 0 unspecified atom stereocenters. The standard InChI is InChI=1S/C14H10ClNO3.C4H10O/c15-12-7-2-1-6-11(12)13(17)16-10-5-3-4-9(8-10)14(18)19;1-3-5-4-2/h1-8H,(H,16,17)(H,18,19);3-4H2,1-2H3. The van der Waals surface area contributed by atoms with Crippen molar-refractivity contribution in [2.45, 2.75) is 13.8 Å². The molecule has 0 aromatic heterocycles. The van der Waals surface area contributed by atoms with E-state index < -0.39 is 5.97 Å². The Morgan fingerprint density at radius 3 is 2.29 bits per heavy atom. The zero-order valence-electron chi connectivity index (χ0n) is 13.6. The molecule has 2 rings (SSSR count). The molecule has 6 heteroatoms. The molecular weight excluding hydrogens is 330 g/mol. The van der Waals surface area contributed by atoms with Crippen LogP contribution in [0, 0.1) is 0 Å². The van der Waals surface area contributed by atoms with Gasteiger partial charge in [0.2, 0.25) is 0 Å². The number of amides is 1. The first-order valence-corrected chi connectivity index (χ1v) is 7.84. The smallest absolute Gasteiger partial charge is 0.335 e. The van der Waals surface area contributed by atoms with E-state index in [1.54, 1.807) is 36.4 Å². The molecule has 0 radical (unpaired) electrons. The summed E-state index contributed by atoms with van der Waals surface area (Å²) in [6.45, 7) is 5.67. The van der Waals surface area contributed by atoms with Gasteiger partial charge in [-0.1, -0.05) is 29.8 Å². The molecule has 0 aliphatic rings. The molecule has 24 heavy (non-hydrogen) atoms. The van der Waals surface area contributed by atoms with Crippen molar-refractivity contribution in [3.05, 3.63) is 64.7 Å². The predicted octanol–water partition coefficient (Wildman–Crippen LogP) is 4.33. The molecule has 128 valence electrons. The summed E-state index contributed by atoms with van der Waals surface area (Å²) in [5.41, 5.74) is 0.853. The number of hydrogen-bond donors (Lipinski definition) is 2. The van der Waals surface area contributed by atoms with Crippen LogP contribution >= 0.6 is 11.6 Å². The minimum absolute atomic E-state index is 0.108. The number of carboxylic acid groups (broad SMARTS) is 1. The van der Waals surface area contributed by atoms with E-state index in [2.05, 4.69) is 5.32 Å². The molecule has 1 amide bonds. The lowest BCUT2D eigenvalue weighted by Gasteiger charge is -2.07. The third-order valence-electron chi connectivity index (χ3n) is 2.89. The summed E-state index contributed by atoms with van der Waals surface area (Å²) < 4.78 is 4.83. The predicted molar refractivity (Wildman–Crippen MR) is 95.0 cm³/mol. The van der Waals surface area contributed by atoms with Gasteiger partial charge in [0.15, 0.2) is 0 Å². The number of carboxylic acids is 1. The fraction of sp³-hybridized carbons (Fsp3) is 0.222. The quantitative estimate of drug-likeness (QED) is 0.842. The molecule has 0 bridgehead atoms. The normalized spacial score (nSPS) is 9.62. The second kappa shape index (κ2) is 10.4. The number of carbonyl (C=O) groups is 2. The Kier molecular flexibility index (Phi) is 8.54. The lowest BCUT2D eigenvalue weighted by molar-refractivity contribution is 0.0696.